The number of carboxylic acids is 1. The van der Waals surface area contributed by atoms with Crippen LogP contribution in [0.5, 0.6) is 11.5 Å². The van der Waals surface area contributed by atoms with E-state index in [1.54, 1.807) is 32.9 Å². The van der Waals surface area contributed by atoms with Crippen molar-refractivity contribution in [1.29, 1.82) is 0 Å². The van der Waals surface area contributed by atoms with Crippen LogP contribution in [0.15, 0.2) is 18.2 Å². The van der Waals surface area contributed by atoms with Crippen molar-refractivity contribution in [2.75, 3.05) is 14.2 Å². The molecule has 0 aliphatic rings. The van der Waals surface area contributed by atoms with Crippen molar-refractivity contribution in [1.82, 2.24) is 5.32 Å². The lowest BCUT2D eigenvalue weighted by Crippen LogP contribution is -2.38. The van der Waals surface area contributed by atoms with E-state index in [4.69, 9.17) is 14.2 Å². The molecule has 1 aromatic rings. The first-order valence-corrected chi connectivity index (χ1v) is 6.62. The fourth-order valence-electron chi connectivity index (χ4n) is 1.76. The summed E-state index contributed by atoms with van der Waals surface area (Å²) in [5.41, 5.74) is -0.466. The smallest absolute Gasteiger partial charge is 0.408 e. The molecule has 7 nitrogen and oxygen atoms in total. The molecule has 7 heteroatoms. The van der Waals surface area contributed by atoms with Crippen LogP contribution in [0.2, 0.25) is 0 Å². The average molecular weight is 311 g/mol. The monoisotopic (exact) mass is 311 g/mol. The summed E-state index contributed by atoms with van der Waals surface area (Å²) in [5.74, 6) is -0.463. The van der Waals surface area contributed by atoms with E-state index in [0.717, 1.165) is 0 Å². The molecule has 0 saturated carbocycles. The molecule has 0 heterocycles. The van der Waals surface area contributed by atoms with Crippen molar-refractivity contribution in [3.63, 3.8) is 0 Å². The van der Waals surface area contributed by atoms with Crippen LogP contribution in [-0.2, 0) is 9.53 Å². The molecule has 0 bridgehead atoms. The zero-order valence-electron chi connectivity index (χ0n) is 13.3. The molecule has 0 saturated heterocycles. The molecule has 0 fully saturated rings. The van der Waals surface area contributed by atoms with Gasteiger partial charge in [-0.3, -0.25) is 0 Å². The molecule has 0 spiro atoms. The van der Waals surface area contributed by atoms with Crippen LogP contribution in [0.4, 0.5) is 4.79 Å². The molecule has 1 aromatic carbocycles. The summed E-state index contributed by atoms with van der Waals surface area (Å²) in [6, 6.07) is 3.38. The largest absolute Gasteiger partial charge is 0.497 e. The third-order valence-electron chi connectivity index (χ3n) is 2.66. The van der Waals surface area contributed by atoms with E-state index in [1.807, 2.05) is 0 Å². The summed E-state index contributed by atoms with van der Waals surface area (Å²) in [7, 11) is 2.88. The van der Waals surface area contributed by atoms with Crippen LogP contribution in [0.3, 0.4) is 0 Å². The maximum atomic E-state index is 11.8. The summed E-state index contributed by atoms with van der Waals surface area (Å²) in [5, 5.41) is 11.7. The average Bonchev–Trinajstić information content (AvgIpc) is 2.41. The molecule has 1 rings (SSSR count). The molecule has 22 heavy (non-hydrogen) atoms. The Balaban J connectivity index is 3.10. The van der Waals surface area contributed by atoms with E-state index in [0.29, 0.717) is 11.5 Å². The van der Waals surface area contributed by atoms with E-state index in [9.17, 15) is 14.7 Å². The van der Waals surface area contributed by atoms with Crippen molar-refractivity contribution in [3.05, 3.63) is 23.8 Å². The summed E-state index contributed by atoms with van der Waals surface area (Å²) in [4.78, 5) is 23.3. The highest BCUT2D eigenvalue weighted by Crippen LogP contribution is 2.29. The number of nitrogens with one attached hydrogen (secondary N) is 1. The van der Waals surface area contributed by atoms with Crippen LogP contribution in [0.1, 0.15) is 32.4 Å². The Kier molecular flexibility index (Phi) is 5.62. The minimum atomic E-state index is -1.32. The first kappa shape index (κ1) is 17.6. The predicted octanol–water partition coefficient (Wildman–Crippen LogP) is 2.35. The summed E-state index contributed by atoms with van der Waals surface area (Å²) in [6.45, 7) is 5.07. The van der Waals surface area contributed by atoms with Crippen molar-refractivity contribution in [2.45, 2.75) is 32.4 Å². The van der Waals surface area contributed by atoms with Gasteiger partial charge in [-0.15, -0.1) is 0 Å². The highest BCUT2D eigenvalue weighted by molar-refractivity contribution is 5.82. The van der Waals surface area contributed by atoms with Gasteiger partial charge in [-0.2, -0.15) is 0 Å². The fourth-order valence-corrected chi connectivity index (χ4v) is 1.76. The Hall–Kier alpha value is -2.44. The van der Waals surface area contributed by atoms with E-state index in [1.165, 1.54) is 20.3 Å². The number of carboxylic acid groups (broad SMARTS) is 1. The molecule has 0 radical (unpaired) electrons. The molecule has 0 unspecified atom stereocenters. The van der Waals surface area contributed by atoms with Crippen molar-refractivity contribution >= 4 is 12.1 Å². The molecule has 0 aliphatic heterocycles. The number of hydrogen-bond acceptors (Lipinski definition) is 5. The quantitative estimate of drug-likeness (QED) is 0.867. The molecule has 0 aliphatic carbocycles. The van der Waals surface area contributed by atoms with Crippen molar-refractivity contribution in [2.24, 2.45) is 0 Å². The van der Waals surface area contributed by atoms with Gasteiger partial charge in [-0.1, -0.05) is 0 Å². The van der Waals surface area contributed by atoms with Gasteiger partial charge in [0.05, 0.1) is 14.2 Å². The zero-order valence-corrected chi connectivity index (χ0v) is 13.3. The summed E-state index contributed by atoms with van der Waals surface area (Å²) >= 11 is 0. The number of rotatable bonds is 5. The lowest BCUT2D eigenvalue weighted by molar-refractivity contribution is -0.139. The maximum absolute atomic E-state index is 11.8. The molecule has 122 valence electrons. The molecule has 2 N–H and O–H groups in total. The number of benzene rings is 1. The normalized spacial score (nSPS) is 12.2. The van der Waals surface area contributed by atoms with Crippen LogP contribution in [-0.4, -0.2) is 37.0 Å². The molecule has 0 aromatic heterocycles. The van der Waals surface area contributed by atoms with Gasteiger partial charge in [0.15, 0.2) is 6.04 Å². The molecular weight excluding hydrogens is 290 g/mol. The number of alkyl carbamates (subject to hydrolysis) is 1. The van der Waals surface area contributed by atoms with Crippen LogP contribution < -0.4 is 14.8 Å². The standard InChI is InChI=1S/C15H21NO6/c1-15(2,3)22-14(19)16-12(13(17)18)10-8-9(20-4)6-7-11(10)21-5/h6-8,12H,1-5H3,(H,16,19)(H,17,18)/t12-/m0/s1. The Morgan fingerprint density at radius 2 is 1.82 bits per heavy atom. The minimum absolute atomic E-state index is 0.264. The van der Waals surface area contributed by atoms with Gasteiger partial charge in [0.25, 0.3) is 0 Å². The second-order valence-electron chi connectivity index (χ2n) is 5.53. The van der Waals surface area contributed by atoms with Crippen LogP contribution in [0, 0.1) is 0 Å². The van der Waals surface area contributed by atoms with Crippen molar-refractivity contribution < 1.29 is 28.9 Å². The minimum Gasteiger partial charge on any atom is -0.497 e. The molecular formula is C15H21NO6. The van der Waals surface area contributed by atoms with Gasteiger partial charge in [0.2, 0.25) is 0 Å². The van der Waals surface area contributed by atoms with E-state index < -0.39 is 23.7 Å². The van der Waals surface area contributed by atoms with Gasteiger partial charge in [0, 0.05) is 5.56 Å². The summed E-state index contributed by atoms with van der Waals surface area (Å²) < 4.78 is 15.3. The highest BCUT2D eigenvalue weighted by Gasteiger charge is 2.28. The van der Waals surface area contributed by atoms with Crippen molar-refractivity contribution in [3.8, 4) is 11.5 Å². The Morgan fingerprint density at radius 1 is 1.18 bits per heavy atom. The van der Waals surface area contributed by atoms with Crippen LogP contribution >= 0.6 is 0 Å². The number of ether oxygens (including phenoxy) is 3. The number of hydrogen-bond donors (Lipinski definition) is 2. The predicted molar refractivity (Wildman–Crippen MR) is 79.3 cm³/mol. The van der Waals surface area contributed by atoms with Gasteiger partial charge < -0.3 is 24.6 Å². The number of carbonyl (C=O) groups is 2. The third-order valence-corrected chi connectivity index (χ3v) is 2.66. The number of methoxy groups -OCH3 is 2. The van der Waals surface area contributed by atoms with E-state index in [-0.39, 0.29) is 5.56 Å². The third kappa shape index (κ3) is 4.83. The second-order valence-corrected chi connectivity index (χ2v) is 5.53. The molecule has 1 amide bonds. The fraction of sp³-hybridized carbons (Fsp3) is 0.467. The van der Waals surface area contributed by atoms with E-state index >= 15 is 0 Å². The highest BCUT2D eigenvalue weighted by atomic mass is 16.6. The number of aliphatic carboxylic acids is 1. The first-order chi connectivity index (χ1) is 10.2. The second kappa shape index (κ2) is 7.02. The summed E-state index contributed by atoms with van der Waals surface area (Å²) in [6.07, 6.45) is -0.829. The topological polar surface area (TPSA) is 94.1 Å². The van der Waals surface area contributed by atoms with Crippen LogP contribution in [0.25, 0.3) is 0 Å². The molecule has 1 atom stereocenters. The first-order valence-electron chi connectivity index (χ1n) is 6.62. The van der Waals surface area contributed by atoms with Gasteiger partial charge in [-0.05, 0) is 39.0 Å². The lowest BCUT2D eigenvalue weighted by atomic mass is 10.1. The lowest BCUT2D eigenvalue weighted by Gasteiger charge is -2.23. The Bertz CT molecular complexity index is 549. The maximum Gasteiger partial charge on any atom is 0.408 e. The Labute approximate surface area is 129 Å². The van der Waals surface area contributed by atoms with Gasteiger partial charge in [-0.25, -0.2) is 9.59 Å². The number of amides is 1. The Morgan fingerprint density at radius 3 is 2.27 bits per heavy atom. The van der Waals surface area contributed by atoms with Gasteiger partial charge in [0.1, 0.15) is 17.1 Å². The SMILES string of the molecule is COc1ccc(OC)c([C@H](NC(=O)OC(C)(C)C)C(=O)O)c1. The number of carbonyl (C=O) groups excluding carboxylic acids is 1. The van der Waals surface area contributed by atoms with E-state index in [2.05, 4.69) is 5.32 Å². The van der Waals surface area contributed by atoms with Gasteiger partial charge >= 0.3 is 12.1 Å². The zero-order chi connectivity index (χ0) is 16.9.